The van der Waals surface area contributed by atoms with Gasteiger partial charge in [-0.05, 0) is 24.3 Å². The summed E-state index contributed by atoms with van der Waals surface area (Å²) in [6.07, 6.45) is 0.896. The highest BCUT2D eigenvalue weighted by Gasteiger charge is 2.08. The van der Waals surface area contributed by atoms with Gasteiger partial charge in [0.1, 0.15) is 0 Å². The SMILES string of the molecule is O=Cc1cc2ccccc2n1-c1ccccc1. The maximum absolute atomic E-state index is 11.1. The van der Waals surface area contributed by atoms with Crippen LogP contribution in [0.5, 0.6) is 0 Å². The summed E-state index contributed by atoms with van der Waals surface area (Å²) in [4.78, 5) is 11.1. The highest BCUT2D eigenvalue weighted by molar-refractivity contribution is 5.90. The standard InChI is InChI=1S/C15H11NO/c17-11-14-10-12-6-4-5-9-15(12)16(14)13-7-2-1-3-8-13/h1-11H. The molecule has 0 aliphatic carbocycles. The smallest absolute Gasteiger partial charge is 0.166 e. The molecule has 0 radical (unpaired) electrons. The molecule has 0 aliphatic heterocycles. The molecular weight excluding hydrogens is 210 g/mol. The van der Waals surface area contributed by atoms with E-state index < -0.39 is 0 Å². The molecule has 0 atom stereocenters. The van der Waals surface area contributed by atoms with E-state index >= 15 is 0 Å². The number of para-hydroxylation sites is 2. The molecule has 2 heteroatoms. The number of carbonyl (C=O) groups excluding carboxylic acids is 1. The van der Waals surface area contributed by atoms with Crippen molar-refractivity contribution >= 4 is 17.2 Å². The lowest BCUT2D eigenvalue weighted by Crippen LogP contribution is -1.97. The minimum Gasteiger partial charge on any atom is -0.307 e. The van der Waals surface area contributed by atoms with Crippen molar-refractivity contribution in [3.8, 4) is 5.69 Å². The minimum atomic E-state index is 0.678. The van der Waals surface area contributed by atoms with Gasteiger partial charge in [-0.15, -0.1) is 0 Å². The van der Waals surface area contributed by atoms with E-state index in [1.54, 1.807) is 0 Å². The first-order chi connectivity index (χ1) is 8.40. The normalized spacial score (nSPS) is 10.6. The van der Waals surface area contributed by atoms with Crippen LogP contribution in [0.2, 0.25) is 0 Å². The molecule has 82 valence electrons. The Balaban J connectivity index is 2.38. The Kier molecular flexibility index (Phi) is 2.26. The largest absolute Gasteiger partial charge is 0.307 e. The van der Waals surface area contributed by atoms with Gasteiger partial charge in [-0.3, -0.25) is 4.79 Å². The van der Waals surface area contributed by atoms with Crippen molar-refractivity contribution in [2.45, 2.75) is 0 Å². The van der Waals surface area contributed by atoms with Crippen LogP contribution in [-0.2, 0) is 0 Å². The molecule has 0 bridgehead atoms. The lowest BCUT2D eigenvalue weighted by molar-refractivity contribution is 0.111. The topological polar surface area (TPSA) is 22.0 Å². The summed E-state index contributed by atoms with van der Waals surface area (Å²) in [5.74, 6) is 0. The van der Waals surface area contributed by atoms with Crippen molar-refractivity contribution in [1.82, 2.24) is 4.57 Å². The average Bonchev–Trinajstić information content (AvgIpc) is 2.78. The number of benzene rings is 2. The van der Waals surface area contributed by atoms with Crippen LogP contribution < -0.4 is 0 Å². The number of nitrogens with zero attached hydrogens (tertiary/aromatic N) is 1. The van der Waals surface area contributed by atoms with E-state index in [-0.39, 0.29) is 0 Å². The first-order valence-electron chi connectivity index (χ1n) is 5.51. The monoisotopic (exact) mass is 221 g/mol. The molecule has 0 spiro atoms. The number of carbonyl (C=O) groups is 1. The molecule has 2 nitrogen and oxygen atoms in total. The van der Waals surface area contributed by atoms with Gasteiger partial charge in [0.15, 0.2) is 6.29 Å². The molecule has 2 aromatic carbocycles. The van der Waals surface area contributed by atoms with Crippen molar-refractivity contribution < 1.29 is 4.79 Å². The van der Waals surface area contributed by atoms with Crippen LogP contribution in [0.15, 0.2) is 60.7 Å². The van der Waals surface area contributed by atoms with E-state index in [4.69, 9.17) is 0 Å². The summed E-state index contributed by atoms with van der Waals surface area (Å²) >= 11 is 0. The molecule has 0 N–H and O–H groups in total. The number of rotatable bonds is 2. The van der Waals surface area contributed by atoms with E-state index in [0.717, 1.165) is 22.9 Å². The molecule has 0 amide bonds. The molecule has 0 saturated heterocycles. The maximum atomic E-state index is 11.1. The fourth-order valence-corrected chi connectivity index (χ4v) is 2.13. The van der Waals surface area contributed by atoms with Crippen LogP contribution >= 0.6 is 0 Å². The first-order valence-corrected chi connectivity index (χ1v) is 5.51. The van der Waals surface area contributed by atoms with Gasteiger partial charge < -0.3 is 4.57 Å². The maximum Gasteiger partial charge on any atom is 0.166 e. The molecular formula is C15H11NO. The highest BCUT2D eigenvalue weighted by atomic mass is 16.1. The van der Waals surface area contributed by atoms with Crippen molar-refractivity contribution in [2.75, 3.05) is 0 Å². The predicted molar refractivity (Wildman–Crippen MR) is 68.7 cm³/mol. The van der Waals surface area contributed by atoms with Gasteiger partial charge in [0, 0.05) is 11.1 Å². The van der Waals surface area contributed by atoms with E-state index in [0.29, 0.717) is 5.69 Å². The molecule has 3 aromatic rings. The van der Waals surface area contributed by atoms with Gasteiger partial charge in [0.25, 0.3) is 0 Å². The Morgan fingerprint density at radius 1 is 0.882 bits per heavy atom. The fourth-order valence-electron chi connectivity index (χ4n) is 2.13. The quantitative estimate of drug-likeness (QED) is 0.607. The van der Waals surface area contributed by atoms with Crippen LogP contribution in [0.4, 0.5) is 0 Å². The van der Waals surface area contributed by atoms with E-state index in [1.165, 1.54) is 0 Å². The van der Waals surface area contributed by atoms with Gasteiger partial charge in [-0.2, -0.15) is 0 Å². The molecule has 1 aromatic heterocycles. The fraction of sp³-hybridized carbons (Fsp3) is 0. The predicted octanol–water partition coefficient (Wildman–Crippen LogP) is 3.44. The number of hydrogen-bond acceptors (Lipinski definition) is 1. The van der Waals surface area contributed by atoms with Gasteiger partial charge in [0.05, 0.1) is 11.2 Å². The van der Waals surface area contributed by atoms with Crippen molar-refractivity contribution in [2.24, 2.45) is 0 Å². The Morgan fingerprint density at radius 2 is 1.59 bits per heavy atom. The number of fused-ring (bicyclic) bond motifs is 1. The summed E-state index contributed by atoms with van der Waals surface area (Å²) in [6.45, 7) is 0. The van der Waals surface area contributed by atoms with Gasteiger partial charge in [-0.25, -0.2) is 0 Å². The lowest BCUT2D eigenvalue weighted by Gasteiger charge is -2.06. The molecule has 3 rings (SSSR count). The second-order valence-electron chi connectivity index (χ2n) is 3.92. The van der Waals surface area contributed by atoms with Gasteiger partial charge in [-0.1, -0.05) is 36.4 Å². The Bertz CT molecular complexity index is 668. The third-order valence-electron chi connectivity index (χ3n) is 2.87. The summed E-state index contributed by atoms with van der Waals surface area (Å²) in [6, 6.07) is 19.8. The molecule has 1 heterocycles. The average molecular weight is 221 g/mol. The molecule has 17 heavy (non-hydrogen) atoms. The number of aldehydes is 1. The van der Waals surface area contributed by atoms with Gasteiger partial charge >= 0.3 is 0 Å². The third-order valence-corrected chi connectivity index (χ3v) is 2.87. The Labute approximate surface area is 99.1 Å². The van der Waals surface area contributed by atoms with Crippen LogP contribution in [0.3, 0.4) is 0 Å². The van der Waals surface area contributed by atoms with Crippen LogP contribution in [0.1, 0.15) is 10.5 Å². The summed E-state index contributed by atoms with van der Waals surface area (Å²) in [5, 5.41) is 1.08. The van der Waals surface area contributed by atoms with E-state index in [9.17, 15) is 4.79 Å². The van der Waals surface area contributed by atoms with Crippen LogP contribution in [-0.4, -0.2) is 10.9 Å². The van der Waals surface area contributed by atoms with Crippen molar-refractivity contribution in [3.63, 3.8) is 0 Å². The van der Waals surface area contributed by atoms with Crippen molar-refractivity contribution in [3.05, 3.63) is 66.4 Å². The zero-order chi connectivity index (χ0) is 11.7. The lowest BCUT2D eigenvalue weighted by atomic mass is 10.2. The highest BCUT2D eigenvalue weighted by Crippen LogP contribution is 2.23. The van der Waals surface area contributed by atoms with Crippen molar-refractivity contribution in [1.29, 1.82) is 0 Å². The second kappa shape index (κ2) is 3.91. The second-order valence-corrected chi connectivity index (χ2v) is 3.92. The van der Waals surface area contributed by atoms with E-state index in [2.05, 4.69) is 0 Å². The van der Waals surface area contributed by atoms with Crippen LogP contribution in [0, 0.1) is 0 Å². The molecule has 0 saturated carbocycles. The first kappa shape index (κ1) is 9.85. The minimum absolute atomic E-state index is 0.678. The summed E-state index contributed by atoms with van der Waals surface area (Å²) < 4.78 is 1.97. The molecule has 0 aliphatic rings. The van der Waals surface area contributed by atoms with Crippen LogP contribution in [0.25, 0.3) is 16.6 Å². The number of aromatic nitrogens is 1. The third kappa shape index (κ3) is 1.54. The zero-order valence-electron chi connectivity index (χ0n) is 9.21. The Morgan fingerprint density at radius 3 is 2.35 bits per heavy atom. The number of hydrogen-bond donors (Lipinski definition) is 0. The summed E-state index contributed by atoms with van der Waals surface area (Å²) in [5.41, 5.74) is 2.74. The molecule has 0 fully saturated rings. The zero-order valence-corrected chi connectivity index (χ0v) is 9.21. The summed E-state index contributed by atoms with van der Waals surface area (Å²) in [7, 11) is 0. The molecule has 0 unspecified atom stereocenters. The van der Waals surface area contributed by atoms with E-state index in [1.807, 2.05) is 65.2 Å². The Hall–Kier alpha value is -2.35. The van der Waals surface area contributed by atoms with Gasteiger partial charge in [0.2, 0.25) is 0 Å².